The van der Waals surface area contributed by atoms with Crippen molar-refractivity contribution in [2.24, 2.45) is 0 Å². The van der Waals surface area contributed by atoms with Crippen LogP contribution >= 0.6 is 22.7 Å². The molecule has 3 rings (SSSR count). The van der Waals surface area contributed by atoms with Crippen LogP contribution in [0.25, 0.3) is 20.5 Å². The first-order valence-electron chi connectivity index (χ1n) is 10.0. The molecular formula is C23H28O2S2. The Labute approximate surface area is 169 Å². The Morgan fingerprint density at radius 1 is 0.963 bits per heavy atom. The molecule has 0 atom stereocenters. The smallest absolute Gasteiger partial charge is 0.345 e. The van der Waals surface area contributed by atoms with Crippen molar-refractivity contribution in [3.05, 3.63) is 45.6 Å². The molecule has 3 aromatic rings. The maximum Gasteiger partial charge on any atom is 0.345 e. The number of carboxylic acid groups (broad SMARTS) is 1. The van der Waals surface area contributed by atoms with E-state index in [1.54, 1.807) is 11.3 Å². The molecule has 1 aromatic carbocycles. The summed E-state index contributed by atoms with van der Waals surface area (Å²) in [4.78, 5) is 13.3. The second kappa shape index (κ2) is 9.52. The van der Waals surface area contributed by atoms with E-state index >= 15 is 0 Å². The van der Waals surface area contributed by atoms with Gasteiger partial charge in [0.1, 0.15) is 4.88 Å². The molecule has 4 heteroatoms. The lowest BCUT2D eigenvalue weighted by atomic mass is 9.93. The fourth-order valence-corrected chi connectivity index (χ4v) is 6.13. The molecule has 2 aromatic heterocycles. The van der Waals surface area contributed by atoms with Crippen LogP contribution in [0.3, 0.4) is 0 Å². The molecule has 0 bridgehead atoms. The van der Waals surface area contributed by atoms with E-state index < -0.39 is 5.97 Å². The van der Waals surface area contributed by atoms with E-state index in [0.717, 1.165) is 22.2 Å². The predicted molar refractivity (Wildman–Crippen MR) is 119 cm³/mol. The minimum atomic E-state index is -0.821. The summed E-state index contributed by atoms with van der Waals surface area (Å²) in [6, 6.07) is 10.6. The number of fused-ring (bicyclic) bond motifs is 1. The van der Waals surface area contributed by atoms with Gasteiger partial charge in [-0.05, 0) is 42.9 Å². The Bertz CT molecular complexity index is 904. The van der Waals surface area contributed by atoms with E-state index in [9.17, 15) is 9.90 Å². The molecule has 144 valence electrons. The maximum atomic E-state index is 11.5. The van der Waals surface area contributed by atoms with Crippen molar-refractivity contribution in [1.82, 2.24) is 0 Å². The molecule has 0 aliphatic heterocycles. The number of thiophene rings is 2. The fourth-order valence-electron chi connectivity index (χ4n) is 3.60. The summed E-state index contributed by atoms with van der Waals surface area (Å²) in [6.07, 6.45) is 9.50. The number of carbonyl (C=O) groups is 1. The topological polar surface area (TPSA) is 37.3 Å². The lowest BCUT2D eigenvalue weighted by molar-refractivity contribution is 0.0702. The van der Waals surface area contributed by atoms with Gasteiger partial charge in [0.25, 0.3) is 0 Å². The number of aromatic carboxylic acids is 1. The van der Waals surface area contributed by atoms with Crippen LogP contribution in [0.1, 0.15) is 72.5 Å². The molecule has 0 aliphatic rings. The van der Waals surface area contributed by atoms with Crippen LogP contribution in [-0.2, 0) is 12.8 Å². The van der Waals surface area contributed by atoms with Crippen molar-refractivity contribution in [1.29, 1.82) is 0 Å². The summed E-state index contributed by atoms with van der Waals surface area (Å²) in [5.74, 6) is -0.821. The van der Waals surface area contributed by atoms with Crippen molar-refractivity contribution in [3.8, 4) is 11.1 Å². The van der Waals surface area contributed by atoms with Crippen molar-refractivity contribution in [2.75, 3.05) is 0 Å². The van der Waals surface area contributed by atoms with Gasteiger partial charge in [0.15, 0.2) is 0 Å². The van der Waals surface area contributed by atoms with E-state index in [1.165, 1.54) is 71.4 Å². The number of hydrogen-bond acceptors (Lipinski definition) is 3. The van der Waals surface area contributed by atoms with Crippen molar-refractivity contribution in [2.45, 2.75) is 65.2 Å². The summed E-state index contributed by atoms with van der Waals surface area (Å²) in [5.41, 5.74) is 3.99. The Morgan fingerprint density at radius 3 is 2.37 bits per heavy atom. The molecule has 0 spiro atoms. The highest BCUT2D eigenvalue weighted by Crippen LogP contribution is 2.45. The number of rotatable bonds is 10. The third-order valence-corrected chi connectivity index (χ3v) is 7.49. The third-order valence-electron chi connectivity index (χ3n) is 5.02. The van der Waals surface area contributed by atoms with Gasteiger partial charge in [0.05, 0.1) is 4.01 Å². The molecule has 2 heterocycles. The van der Waals surface area contributed by atoms with Gasteiger partial charge in [-0.25, -0.2) is 4.79 Å². The van der Waals surface area contributed by atoms with Crippen molar-refractivity contribution in [3.63, 3.8) is 0 Å². The summed E-state index contributed by atoms with van der Waals surface area (Å²) < 4.78 is 1.15. The molecule has 2 nitrogen and oxygen atoms in total. The summed E-state index contributed by atoms with van der Waals surface area (Å²) >= 11 is 3.22. The molecule has 1 N–H and O–H groups in total. The number of aryl methyl sites for hydroxylation is 2. The molecular weight excluding hydrogens is 372 g/mol. The van der Waals surface area contributed by atoms with Gasteiger partial charge in [-0.1, -0.05) is 63.8 Å². The normalized spacial score (nSPS) is 11.3. The van der Waals surface area contributed by atoms with Crippen LogP contribution < -0.4 is 0 Å². The third kappa shape index (κ3) is 4.61. The molecule has 0 radical (unpaired) electrons. The zero-order valence-electron chi connectivity index (χ0n) is 16.2. The van der Waals surface area contributed by atoms with Crippen LogP contribution in [0, 0.1) is 0 Å². The minimum Gasteiger partial charge on any atom is -0.477 e. The Hall–Kier alpha value is -1.65. The van der Waals surface area contributed by atoms with E-state index in [2.05, 4.69) is 38.1 Å². The van der Waals surface area contributed by atoms with E-state index in [1.807, 2.05) is 6.07 Å². The average Bonchev–Trinajstić information content (AvgIpc) is 3.20. The SMILES string of the molecule is CCCCCc1ccccc1-c1c(CCCCC)sc2sc(C(=O)O)cc12. The molecule has 0 unspecified atom stereocenters. The lowest BCUT2D eigenvalue weighted by Gasteiger charge is -2.11. The second-order valence-electron chi connectivity index (χ2n) is 7.09. The highest BCUT2D eigenvalue weighted by molar-refractivity contribution is 7.39. The first-order valence-corrected chi connectivity index (χ1v) is 11.7. The van der Waals surface area contributed by atoms with Crippen LogP contribution in [0.2, 0.25) is 0 Å². The zero-order chi connectivity index (χ0) is 19.2. The number of unbranched alkanes of at least 4 members (excludes halogenated alkanes) is 4. The predicted octanol–water partition coefficient (Wildman–Crippen LogP) is 7.79. The quantitative estimate of drug-likeness (QED) is 0.353. The second-order valence-corrected chi connectivity index (χ2v) is 9.50. The highest BCUT2D eigenvalue weighted by Gasteiger charge is 2.20. The summed E-state index contributed by atoms with van der Waals surface area (Å²) in [7, 11) is 0. The van der Waals surface area contributed by atoms with Gasteiger partial charge < -0.3 is 5.11 Å². The van der Waals surface area contributed by atoms with Gasteiger partial charge in [-0.3, -0.25) is 0 Å². The van der Waals surface area contributed by atoms with E-state index in [4.69, 9.17) is 0 Å². The fraction of sp³-hybridized carbons (Fsp3) is 0.435. The number of carboxylic acids is 1. The standard InChI is InChI=1S/C23H28O2S2/c1-3-5-7-11-16-12-9-10-13-17(16)21-18-15-20(22(24)25)27-23(18)26-19(21)14-8-6-4-2/h9-10,12-13,15H,3-8,11,14H2,1-2H3,(H,24,25). The van der Waals surface area contributed by atoms with Crippen molar-refractivity contribution < 1.29 is 9.90 Å². The number of hydrogen-bond donors (Lipinski definition) is 1. The lowest BCUT2D eigenvalue weighted by Crippen LogP contribution is -1.93. The molecule has 0 saturated carbocycles. The van der Waals surface area contributed by atoms with Crippen LogP contribution in [-0.4, -0.2) is 11.1 Å². The monoisotopic (exact) mass is 400 g/mol. The first-order chi connectivity index (χ1) is 13.2. The molecule has 0 saturated heterocycles. The first kappa shape index (κ1) is 20.1. The van der Waals surface area contributed by atoms with Crippen molar-refractivity contribution >= 4 is 38.0 Å². The van der Waals surface area contributed by atoms with Gasteiger partial charge in [-0.15, -0.1) is 22.7 Å². The maximum absolute atomic E-state index is 11.5. The Morgan fingerprint density at radius 2 is 1.67 bits per heavy atom. The Balaban J connectivity index is 2.07. The summed E-state index contributed by atoms with van der Waals surface area (Å²) in [6.45, 7) is 4.47. The average molecular weight is 401 g/mol. The zero-order valence-corrected chi connectivity index (χ0v) is 17.8. The van der Waals surface area contributed by atoms with Gasteiger partial charge in [-0.2, -0.15) is 0 Å². The van der Waals surface area contributed by atoms with Crippen LogP contribution in [0.4, 0.5) is 0 Å². The minimum absolute atomic E-state index is 0.445. The van der Waals surface area contributed by atoms with Crippen LogP contribution in [0.15, 0.2) is 30.3 Å². The Kier molecular flexibility index (Phi) is 7.08. The number of benzene rings is 1. The largest absolute Gasteiger partial charge is 0.477 e. The molecule has 0 fully saturated rings. The van der Waals surface area contributed by atoms with Gasteiger partial charge >= 0.3 is 5.97 Å². The molecule has 0 amide bonds. The van der Waals surface area contributed by atoms with E-state index in [0.29, 0.717) is 4.88 Å². The van der Waals surface area contributed by atoms with Gasteiger partial charge in [0.2, 0.25) is 0 Å². The van der Waals surface area contributed by atoms with E-state index in [-0.39, 0.29) is 0 Å². The molecule has 0 aliphatic carbocycles. The van der Waals surface area contributed by atoms with Gasteiger partial charge in [0, 0.05) is 15.8 Å². The van der Waals surface area contributed by atoms with Crippen LogP contribution in [0.5, 0.6) is 0 Å². The summed E-state index contributed by atoms with van der Waals surface area (Å²) in [5, 5.41) is 10.6. The molecule has 27 heavy (non-hydrogen) atoms. The highest BCUT2D eigenvalue weighted by atomic mass is 32.2.